The van der Waals surface area contributed by atoms with Crippen LogP contribution >= 0.6 is 0 Å². The van der Waals surface area contributed by atoms with E-state index < -0.39 is 36.1 Å². The van der Waals surface area contributed by atoms with Crippen molar-refractivity contribution in [2.75, 3.05) is 6.61 Å². The zero-order valence-corrected chi connectivity index (χ0v) is 15.4. The quantitative estimate of drug-likeness (QED) is 0.661. The van der Waals surface area contributed by atoms with Gasteiger partial charge in [-0.25, -0.2) is 4.79 Å². The highest BCUT2D eigenvalue weighted by molar-refractivity contribution is 5.96. The van der Waals surface area contributed by atoms with Crippen LogP contribution in [0.1, 0.15) is 44.5 Å². The van der Waals surface area contributed by atoms with Crippen molar-refractivity contribution < 1.29 is 23.9 Å². The number of carbonyl (C=O) groups excluding carboxylic acids is 4. The Morgan fingerprint density at radius 3 is 2.27 bits per heavy atom. The largest absolute Gasteiger partial charge is 0.455 e. The molecule has 0 radical (unpaired) electrons. The van der Waals surface area contributed by atoms with Crippen LogP contribution in [-0.4, -0.2) is 42.0 Å². The molecular formula is C18H25N3O5. The number of hydrogen-bond acceptors (Lipinski definition) is 5. The lowest BCUT2D eigenvalue weighted by Gasteiger charge is -2.20. The summed E-state index contributed by atoms with van der Waals surface area (Å²) in [4.78, 5) is 46.8. The van der Waals surface area contributed by atoms with Crippen LogP contribution in [-0.2, 0) is 14.3 Å². The van der Waals surface area contributed by atoms with E-state index in [2.05, 4.69) is 16.0 Å². The molecule has 0 saturated heterocycles. The maximum absolute atomic E-state index is 12.0. The van der Waals surface area contributed by atoms with Crippen molar-refractivity contribution in [2.45, 2.75) is 45.7 Å². The summed E-state index contributed by atoms with van der Waals surface area (Å²) in [5.74, 6) is -1.69. The fraction of sp³-hybridized carbons (Fsp3) is 0.444. The van der Waals surface area contributed by atoms with Gasteiger partial charge in [0.25, 0.3) is 11.8 Å². The molecule has 26 heavy (non-hydrogen) atoms. The number of imide groups is 1. The van der Waals surface area contributed by atoms with Gasteiger partial charge in [-0.1, -0.05) is 18.2 Å². The maximum atomic E-state index is 12.0. The predicted molar refractivity (Wildman–Crippen MR) is 95.4 cm³/mol. The van der Waals surface area contributed by atoms with E-state index in [9.17, 15) is 19.2 Å². The van der Waals surface area contributed by atoms with Crippen molar-refractivity contribution in [3.05, 3.63) is 35.9 Å². The van der Waals surface area contributed by atoms with E-state index in [0.29, 0.717) is 5.56 Å². The monoisotopic (exact) mass is 363 g/mol. The van der Waals surface area contributed by atoms with Gasteiger partial charge in [-0.2, -0.15) is 0 Å². The van der Waals surface area contributed by atoms with E-state index in [1.807, 2.05) is 0 Å². The number of rotatable bonds is 6. The number of ether oxygens (including phenoxy) is 1. The molecule has 1 aromatic rings. The lowest BCUT2D eigenvalue weighted by atomic mass is 10.1. The van der Waals surface area contributed by atoms with Gasteiger partial charge in [0.2, 0.25) is 0 Å². The van der Waals surface area contributed by atoms with E-state index in [1.165, 1.54) is 0 Å². The molecule has 3 N–H and O–H groups in total. The normalized spacial score (nSPS) is 11.8. The molecule has 0 spiro atoms. The zero-order chi connectivity index (χ0) is 19.7. The highest BCUT2D eigenvalue weighted by Crippen LogP contribution is 2.01. The third-order valence-corrected chi connectivity index (χ3v) is 2.99. The fourth-order valence-corrected chi connectivity index (χ4v) is 1.94. The van der Waals surface area contributed by atoms with Gasteiger partial charge in [-0.05, 0) is 39.8 Å². The second-order valence-corrected chi connectivity index (χ2v) is 6.86. The summed E-state index contributed by atoms with van der Waals surface area (Å²) in [5.41, 5.74) is -0.00933. The molecule has 8 heteroatoms. The van der Waals surface area contributed by atoms with Gasteiger partial charge >= 0.3 is 12.0 Å². The summed E-state index contributed by atoms with van der Waals surface area (Å²) in [5, 5.41) is 7.28. The van der Waals surface area contributed by atoms with Gasteiger partial charge < -0.3 is 15.4 Å². The first-order valence-electron chi connectivity index (χ1n) is 8.20. The van der Waals surface area contributed by atoms with Gasteiger partial charge in [-0.15, -0.1) is 0 Å². The second kappa shape index (κ2) is 9.55. The molecule has 1 rings (SSSR count). The number of urea groups is 1. The van der Waals surface area contributed by atoms with Crippen LogP contribution in [0.2, 0.25) is 0 Å². The molecule has 0 aliphatic carbocycles. The number of nitrogens with one attached hydrogen (secondary N) is 3. The maximum Gasteiger partial charge on any atom is 0.321 e. The topological polar surface area (TPSA) is 114 Å². The smallest absolute Gasteiger partial charge is 0.321 e. The zero-order valence-electron chi connectivity index (χ0n) is 15.4. The number of benzene rings is 1. The average Bonchev–Trinajstić information content (AvgIpc) is 2.51. The molecule has 0 saturated carbocycles. The predicted octanol–water partition coefficient (Wildman–Crippen LogP) is 1.36. The minimum Gasteiger partial charge on any atom is -0.455 e. The number of carbonyl (C=O) groups is 4. The third kappa shape index (κ3) is 8.81. The highest BCUT2D eigenvalue weighted by Gasteiger charge is 2.18. The van der Waals surface area contributed by atoms with E-state index in [4.69, 9.17) is 4.74 Å². The molecule has 0 heterocycles. The Bertz CT molecular complexity index is 653. The van der Waals surface area contributed by atoms with Crippen molar-refractivity contribution in [3.63, 3.8) is 0 Å². The summed E-state index contributed by atoms with van der Waals surface area (Å²) >= 11 is 0. The SMILES string of the molecule is CC(CC(=O)OCC(=O)NC(=O)NC(C)(C)C)NC(=O)c1ccccc1. The van der Waals surface area contributed by atoms with Crippen LogP contribution in [0.5, 0.6) is 0 Å². The first-order chi connectivity index (χ1) is 12.1. The Hall–Kier alpha value is -2.90. The van der Waals surface area contributed by atoms with Crippen LogP contribution in [0, 0.1) is 0 Å². The van der Waals surface area contributed by atoms with Crippen LogP contribution in [0.3, 0.4) is 0 Å². The lowest BCUT2D eigenvalue weighted by molar-refractivity contribution is -0.148. The fourth-order valence-electron chi connectivity index (χ4n) is 1.94. The van der Waals surface area contributed by atoms with Gasteiger partial charge in [0, 0.05) is 17.1 Å². The molecule has 8 nitrogen and oxygen atoms in total. The molecular weight excluding hydrogens is 338 g/mol. The van der Waals surface area contributed by atoms with Crippen LogP contribution in [0.25, 0.3) is 0 Å². The molecule has 0 bridgehead atoms. The number of esters is 1. The molecule has 0 aromatic heterocycles. The Morgan fingerprint density at radius 1 is 1.08 bits per heavy atom. The van der Waals surface area contributed by atoms with Crippen molar-refractivity contribution in [1.82, 2.24) is 16.0 Å². The van der Waals surface area contributed by atoms with Crippen LogP contribution < -0.4 is 16.0 Å². The molecule has 142 valence electrons. The molecule has 0 fully saturated rings. The van der Waals surface area contributed by atoms with Crippen molar-refractivity contribution in [3.8, 4) is 0 Å². The van der Waals surface area contributed by atoms with Crippen LogP contribution in [0.15, 0.2) is 30.3 Å². The Kier molecular flexibility index (Phi) is 7.77. The first kappa shape index (κ1) is 21.1. The summed E-state index contributed by atoms with van der Waals surface area (Å²) in [6.07, 6.45) is -0.0972. The first-order valence-corrected chi connectivity index (χ1v) is 8.20. The minimum absolute atomic E-state index is 0.0972. The standard InChI is InChI=1S/C18H25N3O5/c1-12(19-16(24)13-8-6-5-7-9-13)10-15(23)26-11-14(22)20-17(25)21-18(2,3)4/h5-9,12H,10-11H2,1-4H3,(H,19,24)(H2,20,21,22,25). The van der Waals surface area contributed by atoms with Crippen molar-refractivity contribution >= 4 is 23.8 Å². The summed E-state index contributed by atoms with van der Waals surface area (Å²) in [6, 6.07) is 7.46. The van der Waals surface area contributed by atoms with Gasteiger partial charge in [0.05, 0.1) is 6.42 Å². The molecule has 0 aliphatic rings. The van der Waals surface area contributed by atoms with Crippen LogP contribution in [0.4, 0.5) is 4.79 Å². The van der Waals surface area contributed by atoms with Crippen molar-refractivity contribution in [2.24, 2.45) is 0 Å². The Labute approximate surface area is 152 Å². The number of amides is 4. The molecule has 1 atom stereocenters. The molecule has 4 amide bonds. The molecule has 1 unspecified atom stereocenters. The second-order valence-electron chi connectivity index (χ2n) is 6.86. The minimum atomic E-state index is -0.735. The summed E-state index contributed by atoms with van der Waals surface area (Å²) in [6.45, 7) is 6.38. The summed E-state index contributed by atoms with van der Waals surface area (Å²) in [7, 11) is 0. The van der Waals surface area contributed by atoms with E-state index in [1.54, 1.807) is 58.0 Å². The average molecular weight is 363 g/mol. The van der Waals surface area contributed by atoms with Crippen molar-refractivity contribution in [1.29, 1.82) is 0 Å². The lowest BCUT2D eigenvalue weighted by Crippen LogP contribution is -2.49. The van der Waals surface area contributed by atoms with E-state index >= 15 is 0 Å². The Balaban J connectivity index is 2.32. The third-order valence-electron chi connectivity index (χ3n) is 2.99. The van der Waals surface area contributed by atoms with Gasteiger partial charge in [0.1, 0.15) is 0 Å². The van der Waals surface area contributed by atoms with Gasteiger partial charge in [0.15, 0.2) is 6.61 Å². The molecule has 0 aliphatic heterocycles. The van der Waals surface area contributed by atoms with E-state index in [0.717, 1.165) is 0 Å². The number of hydrogen-bond donors (Lipinski definition) is 3. The Morgan fingerprint density at radius 2 is 1.69 bits per heavy atom. The summed E-state index contributed by atoms with van der Waals surface area (Å²) < 4.78 is 4.81. The highest BCUT2D eigenvalue weighted by atomic mass is 16.5. The molecule has 1 aromatic carbocycles. The van der Waals surface area contributed by atoms with E-state index in [-0.39, 0.29) is 12.3 Å². The van der Waals surface area contributed by atoms with Gasteiger partial charge in [-0.3, -0.25) is 19.7 Å².